The SMILES string of the molecule is CC(=O)N1CCN(Cc2cc(=O)n3nc(C4CC4)sc3n2)C[C@H](O)C1. The topological polar surface area (TPSA) is 91.0 Å². The Balaban J connectivity index is 1.53. The van der Waals surface area contributed by atoms with Gasteiger partial charge in [-0.3, -0.25) is 14.5 Å². The molecule has 2 aromatic rings. The van der Waals surface area contributed by atoms with E-state index in [0.29, 0.717) is 49.3 Å². The van der Waals surface area contributed by atoms with E-state index in [2.05, 4.69) is 10.1 Å². The van der Waals surface area contributed by atoms with Crippen LogP contribution >= 0.6 is 11.3 Å². The number of hydrogen-bond acceptors (Lipinski definition) is 7. The fraction of sp³-hybridized carbons (Fsp3) is 0.625. The number of carbonyl (C=O) groups excluding carboxylic acids is 1. The van der Waals surface area contributed by atoms with Gasteiger partial charge < -0.3 is 10.0 Å². The number of carbonyl (C=O) groups is 1. The third-order valence-corrected chi connectivity index (χ3v) is 5.73. The summed E-state index contributed by atoms with van der Waals surface area (Å²) in [7, 11) is 0. The van der Waals surface area contributed by atoms with Crippen molar-refractivity contribution in [3.05, 3.63) is 27.1 Å². The Labute approximate surface area is 148 Å². The molecule has 4 rings (SSSR count). The monoisotopic (exact) mass is 363 g/mol. The zero-order valence-corrected chi connectivity index (χ0v) is 14.9. The van der Waals surface area contributed by atoms with Crippen molar-refractivity contribution < 1.29 is 9.90 Å². The second kappa shape index (κ2) is 6.47. The summed E-state index contributed by atoms with van der Waals surface area (Å²) < 4.78 is 1.39. The van der Waals surface area contributed by atoms with E-state index in [1.54, 1.807) is 4.90 Å². The fourth-order valence-electron chi connectivity index (χ4n) is 3.16. The molecule has 0 spiro atoms. The van der Waals surface area contributed by atoms with Crippen LogP contribution in [0.25, 0.3) is 4.96 Å². The standard InChI is InChI=1S/C16H21N5O3S/c1-10(22)20-5-4-19(8-13(23)9-20)7-12-6-14(24)21-16(17-12)25-15(18-21)11-2-3-11/h6,11,13,23H,2-5,7-9H2,1H3/t13-/m0/s1. The molecule has 0 aromatic carbocycles. The van der Waals surface area contributed by atoms with Gasteiger partial charge in [0.1, 0.15) is 5.01 Å². The Bertz CT molecular complexity index is 859. The number of amides is 1. The first-order valence-electron chi connectivity index (χ1n) is 8.55. The molecule has 1 aliphatic heterocycles. The summed E-state index contributed by atoms with van der Waals surface area (Å²) in [5.74, 6) is 0.462. The Morgan fingerprint density at radius 2 is 2.16 bits per heavy atom. The van der Waals surface area contributed by atoms with Crippen molar-refractivity contribution in [1.29, 1.82) is 0 Å². The highest BCUT2D eigenvalue weighted by Gasteiger charge is 2.28. The first kappa shape index (κ1) is 16.6. The predicted molar refractivity (Wildman–Crippen MR) is 92.6 cm³/mol. The fourth-order valence-corrected chi connectivity index (χ4v) is 4.25. The zero-order valence-electron chi connectivity index (χ0n) is 14.1. The molecule has 1 saturated carbocycles. The Kier molecular flexibility index (Phi) is 4.30. The molecule has 1 atom stereocenters. The van der Waals surface area contributed by atoms with Crippen LogP contribution in [0.3, 0.4) is 0 Å². The maximum Gasteiger partial charge on any atom is 0.275 e. The molecular weight excluding hydrogens is 342 g/mol. The maximum absolute atomic E-state index is 12.3. The van der Waals surface area contributed by atoms with E-state index >= 15 is 0 Å². The summed E-state index contributed by atoms with van der Waals surface area (Å²) in [6.07, 6.45) is 1.68. The molecule has 3 heterocycles. The van der Waals surface area contributed by atoms with Gasteiger partial charge in [-0.25, -0.2) is 4.98 Å². The lowest BCUT2D eigenvalue weighted by molar-refractivity contribution is -0.129. The minimum Gasteiger partial charge on any atom is -0.390 e. The molecule has 0 bridgehead atoms. The van der Waals surface area contributed by atoms with Crippen molar-refractivity contribution in [2.24, 2.45) is 0 Å². The molecule has 2 fully saturated rings. The number of fused-ring (bicyclic) bond motifs is 1. The summed E-state index contributed by atoms with van der Waals surface area (Å²) in [6, 6.07) is 1.52. The lowest BCUT2D eigenvalue weighted by Gasteiger charge is -2.20. The lowest BCUT2D eigenvalue weighted by atomic mass is 10.3. The Morgan fingerprint density at radius 3 is 2.88 bits per heavy atom. The van der Waals surface area contributed by atoms with Gasteiger partial charge in [-0.15, -0.1) is 0 Å². The molecule has 1 amide bonds. The third-order valence-electron chi connectivity index (χ3n) is 4.66. The van der Waals surface area contributed by atoms with Crippen molar-refractivity contribution in [3.8, 4) is 0 Å². The zero-order chi connectivity index (χ0) is 17.6. The van der Waals surface area contributed by atoms with E-state index in [9.17, 15) is 14.7 Å². The molecule has 0 radical (unpaired) electrons. The molecule has 2 aromatic heterocycles. The van der Waals surface area contributed by atoms with E-state index in [4.69, 9.17) is 0 Å². The van der Waals surface area contributed by atoms with Crippen LogP contribution < -0.4 is 5.56 Å². The second-order valence-electron chi connectivity index (χ2n) is 6.85. The summed E-state index contributed by atoms with van der Waals surface area (Å²) in [5.41, 5.74) is 0.517. The smallest absolute Gasteiger partial charge is 0.275 e. The third kappa shape index (κ3) is 3.58. The number of aliphatic hydroxyl groups excluding tert-OH is 1. The Hall–Kier alpha value is -1.84. The molecule has 1 N–H and O–H groups in total. The molecule has 25 heavy (non-hydrogen) atoms. The quantitative estimate of drug-likeness (QED) is 0.829. The summed E-state index contributed by atoms with van der Waals surface area (Å²) in [5, 5.41) is 15.5. The van der Waals surface area contributed by atoms with Crippen molar-refractivity contribution in [1.82, 2.24) is 24.4 Å². The highest BCUT2D eigenvalue weighted by Crippen LogP contribution is 2.41. The summed E-state index contributed by atoms with van der Waals surface area (Å²) in [6.45, 7) is 4.01. The van der Waals surface area contributed by atoms with Crippen LogP contribution in [0.4, 0.5) is 0 Å². The van der Waals surface area contributed by atoms with Gasteiger partial charge in [-0.2, -0.15) is 9.61 Å². The summed E-state index contributed by atoms with van der Waals surface area (Å²) >= 11 is 1.49. The van der Waals surface area contributed by atoms with Gasteiger partial charge in [-0.1, -0.05) is 11.3 Å². The van der Waals surface area contributed by atoms with Crippen LogP contribution in [0, 0.1) is 0 Å². The van der Waals surface area contributed by atoms with Gasteiger partial charge in [0.2, 0.25) is 10.9 Å². The van der Waals surface area contributed by atoms with Gasteiger partial charge in [0, 0.05) is 51.6 Å². The van der Waals surface area contributed by atoms with Gasteiger partial charge in [-0.05, 0) is 12.8 Å². The average molecular weight is 363 g/mol. The maximum atomic E-state index is 12.3. The molecule has 8 nitrogen and oxygen atoms in total. The summed E-state index contributed by atoms with van der Waals surface area (Å²) in [4.78, 5) is 32.8. The largest absolute Gasteiger partial charge is 0.390 e. The van der Waals surface area contributed by atoms with Crippen molar-refractivity contribution in [2.45, 2.75) is 38.3 Å². The van der Waals surface area contributed by atoms with Crippen LogP contribution in [0.2, 0.25) is 0 Å². The van der Waals surface area contributed by atoms with E-state index in [0.717, 1.165) is 17.8 Å². The van der Waals surface area contributed by atoms with Crippen LogP contribution in [0.1, 0.15) is 36.4 Å². The molecule has 1 aliphatic carbocycles. The number of aromatic nitrogens is 3. The second-order valence-corrected chi connectivity index (χ2v) is 7.84. The predicted octanol–water partition coefficient (Wildman–Crippen LogP) is 0.0534. The first-order valence-corrected chi connectivity index (χ1v) is 9.37. The molecule has 0 unspecified atom stereocenters. The number of rotatable bonds is 3. The van der Waals surface area contributed by atoms with Gasteiger partial charge >= 0.3 is 0 Å². The molecule has 2 aliphatic rings. The molecule has 9 heteroatoms. The van der Waals surface area contributed by atoms with Crippen LogP contribution in [0.5, 0.6) is 0 Å². The van der Waals surface area contributed by atoms with Crippen LogP contribution in [-0.4, -0.2) is 67.7 Å². The van der Waals surface area contributed by atoms with Crippen molar-refractivity contribution in [2.75, 3.05) is 26.2 Å². The number of nitrogens with zero attached hydrogens (tertiary/aromatic N) is 5. The number of aliphatic hydroxyl groups is 1. The number of β-amino-alcohol motifs (C(OH)–C–C–N with tert-alkyl or cyclic N) is 1. The van der Waals surface area contributed by atoms with Gasteiger partial charge in [0.15, 0.2) is 0 Å². The van der Waals surface area contributed by atoms with Crippen molar-refractivity contribution in [3.63, 3.8) is 0 Å². The van der Waals surface area contributed by atoms with E-state index < -0.39 is 6.10 Å². The average Bonchev–Trinajstić information content (AvgIpc) is 3.32. The molecule has 134 valence electrons. The van der Waals surface area contributed by atoms with E-state index in [1.165, 1.54) is 28.8 Å². The first-order chi connectivity index (χ1) is 12.0. The highest BCUT2D eigenvalue weighted by atomic mass is 32.1. The highest BCUT2D eigenvalue weighted by molar-refractivity contribution is 7.16. The van der Waals surface area contributed by atoms with Gasteiger partial charge in [0.05, 0.1) is 11.8 Å². The van der Waals surface area contributed by atoms with E-state index in [1.807, 2.05) is 4.90 Å². The normalized spacial score (nSPS) is 22.3. The van der Waals surface area contributed by atoms with Crippen LogP contribution in [0.15, 0.2) is 10.9 Å². The molecular formula is C16H21N5O3S. The molecule has 1 saturated heterocycles. The minimum atomic E-state index is -0.596. The Morgan fingerprint density at radius 1 is 1.36 bits per heavy atom. The van der Waals surface area contributed by atoms with E-state index in [-0.39, 0.29) is 11.5 Å². The van der Waals surface area contributed by atoms with Crippen molar-refractivity contribution >= 4 is 22.2 Å². The number of hydrogen-bond donors (Lipinski definition) is 1. The van der Waals surface area contributed by atoms with Gasteiger partial charge in [0.25, 0.3) is 5.56 Å². The van der Waals surface area contributed by atoms with Crippen LogP contribution in [-0.2, 0) is 11.3 Å². The minimum absolute atomic E-state index is 0.0315. The lowest BCUT2D eigenvalue weighted by Crippen LogP contribution is -2.36.